The van der Waals surface area contributed by atoms with Crippen molar-refractivity contribution in [3.8, 4) is 11.1 Å². The highest BCUT2D eigenvalue weighted by Crippen LogP contribution is 2.29. The van der Waals surface area contributed by atoms with Crippen molar-refractivity contribution in [2.75, 3.05) is 0 Å². The van der Waals surface area contributed by atoms with Crippen LogP contribution in [0.5, 0.6) is 0 Å². The number of rotatable bonds is 2. The first-order valence-electron chi connectivity index (χ1n) is 6.69. The van der Waals surface area contributed by atoms with E-state index in [4.69, 9.17) is 23.2 Å². The van der Waals surface area contributed by atoms with Crippen LogP contribution in [0.3, 0.4) is 0 Å². The molecule has 0 aliphatic heterocycles. The number of hydrogen-bond acceptors (Lipinski definition) is 1. The Kier molecular flexibility index (Phi) is 3.75. The van der Waals surface area contributed by atoms with Crippen molar-refractivity contribution < 1.29 is 0 Å². The molecule has 0 saturated carbocycles. The van der Waals surface area contributed by atoms with E-state index in [1.54, 1.807) is 10.6 Å². The Balaban J connectivity index is 2.22. The molecule has 0 amide bonds. The largest absolute Gasteiger partial charge is 0.315 e. The van der Waals surface area contributed by atoms with E-state index < -0.39 is 0 Å². The highest BCUT2D eigenvalue weighted by Gasteiger charge is 2.06. The van der Waals surface area contributed by atoms with Crippen molar-refractivity contribution in [3.05, 3.63) is 69.1 Å². The molecule has 1 heterocycles. The zero-order chi connectivity index (χ0) is 15.0. The van der Waals surface area contributed by atoms with E-state index >= 15 is 0 Å². The van der Waals surface area contributed by atoms with Gasteiger partial charge in [-0.15, -0.1) is 0 Å². The monoisotopic (exact) mass is 317 g/mol. The van der Waals surface area contributed by atoms with Crippen LogP contribution < -0.4 is 5.56 Å². The molecular weight excluding hydrogens is 305 g/mol. The number of halogens is 2. The Bertz CT molecular complexity index is 884. The summed E-state index contributed by atoms with van der Waals surface area (Å²) in [6.45, 7) is 2.61. The fourth-order valence-corrected chi connectivity index (χ4v) is 2.68. The van der Waals surface area contributed by atoms with E-state index in [0.29, 0.717) is 22.0 Å². The molecule has 4 heteroatoms. The Morgan fingerprint density at radius 1 is 0.952 bits per heavy atom. The molecule has 106 valence electrons. The summed E-state index contributed by atoms with van der Waals surface area (Å²) in [7, 11) is 0. The lowest BCUT2D eigenvalue weighted by Gasteiger charge is -2.07. The molecule has 1 aromatic heterocycles. The third-order valence-corrected chi connectivity index (χ3v) is 4.31. The Labute approximate surface area is 132 Å². The predicted molar refractivity (Wildman–Crippen MR) is 89.3 cm³/mol. The molecule has 0 bridgehead atoms. The minimum Gasteiger partial charge on any atom is -0.315 e. The second kappa shape index (κ2) is 5.55. The van der Waals surface area contributed by atoms with E-state index in [9.17, 15) is 4.79 Å². The van der Waals surface area contributed by atoms with E-state index in [1.807, 2.05) is 49.5 Å². The van der Waals surface area contributed by atoms with Crippen LogP contribution in [0.15, 0.2) is 53.5 Å². The van der Waals surface area contributed by atoms with Crippen LogP contribution >= 0.6 is 23.2 Å². The smallest absolute Gasteiger partial charge is 0.258 e. The summed E-state index contributed by atoms with van der Waals surface area (Å²) < 4.78 is 1.70. The van der Waals surface area contributed by atoms with Crippen molar-refractivity contribution >= 4 is 34.0 Å². The van der Waals surface area contributed by atoms with Gasteiger partial charge in [-0.2, -0.15) is 0 Å². The molecule has 0 radical (unpaired) electrons. The average molecular weight is 318 g/mol. The summed E-state index contributed by atoms with van der Waals surface area (Å²) in [6, 6.07) is 13.3. The SMILES string of the molecule is CCn1ccc2ccc(-c3ccc(Cl)c(Cl)c3)cc2c1=O. The van der Waals surface area contributed by atoms with E-state index in [1.165, 1.54) is 0 Å². The van der Waals surface area contributed by atoms with Crippen LogP contribution in [0.25, 0.3) is 21.9 Å². The van der Waals surface area contributed by atoms with Crippen molar-refractivity contribution in [1.29, 1.82) is 0 Å². The van der Waals surface area contributed by atoms with Gasteiger partial charge < -0.3 is 4.57 Å². The van der Waals surface area contributed by atoms with Gasteiger partial charge >= 0.3 is 0 Å². The Morgan fingerprint density at radius 3 is 2.38 bits per heavy atom. The van der Waals surface area contributed by atoms with Crippen molar-refractivity contribution in [1.82, 2.24) is 4.57 Å². The summed E-state index contributed by atoms with van der Waals surface area (Å²) in [4.78, 5) is 12.4. The number of aromatic nitrogens is 1. The van der Waals surface area contributed by atoms with Gasteiger partial charge in [-0.25, -0.2) is 0 Å². The van der Waals surface area contributed by atoms with Crippen LogP contribution in [0.1, 0.15) is 6.92 Å². The number of aryl methyl sites for hydroxylation is 1. The second-order valence-corrected chi connectivity index (χ2v) is 5.65. The standard InChI is InChI=1S/C17H13Cl2NO/c1-2-20-8-7-11-3-4-12(9-14(11)17(20)21)13-5-6-15(18)16(19)10-13/h3-10H,2H2,1H3. The van der Waals surface area contributed by atoms with Crippen LogP contribution in [-0.2, 0) is 6.54 Å². The van der Waals surface area contributed by atoms with E-state index in [-0.39, 0.29) is 5.56 Å². The summed E-state index contributed by atoms with van der Waals surface area (Å²) in [5, 5.41) is 2.68. The normalized spacial score (nSPS) is 11.0. The first kappa shape index (κ1) is 14.2. The van der Waals surface area contributed by atoms with Gasteiger partial charge in [0.2, 0.25) is 0 Å². The van der Waals surface area contributed by atoms with Crippen LogP contribution in [0.4, 0.5) is 0 Å². The summed E-state index contributed by atoms with van der Waals surface area (Å²) >= 11 is 12.0. The second-order valence-electron chi connectivity index (χ2n) is 4.84. The Hall–Kier alpha value is -1.77. The number of fused-ring (bicyclic) bond motifs is 1. The number of nitrogens with zero attached hydrogens (tertiary/aromatic N) is 1. The quantitative estimate of drug-likeness (QED) is 0.652. The van der Waals surface area contributed by atoms with Crippen LogP contribution in [0, 0.1) is 0 Å². The zero-order valence-corrected chi connectivity index (χ0v) is 12.9. The van der Waals surface area contributed by atoms with Gasteiger partial charge in [0.15, 0.2) is 0 Å². The zero-order valence-electron chi connectivity index (χ0n) is 11.4. The molecule has 0 fully saturated rings. The van der Waals surface area contributed by atoms with Crippen molar-refractivity contribution in [2.45, 2.75) is 13.5 Å². The van der Waals surface area contributed by atoms with E-state index in [2.05, 4.69) is 0 Å². The van der Waals surface area contributed by atoms with Gasteiger partial charge in [0.1, 0.15) is 0 Å². The maximum atomic E-state index is 12.4. The fraction of sp³-hybridized carbons (Fsp3) is 0.118. The maximum absolute atomic E-state index is 12.4. The first-order chi connectivity index (χ1) is 10.1. The lowest BCUT2D eigenvalue weighted by Crippen LogP contribution is -2.18. The molecular formula is C17H13Cl2NO. The molecule has 0 unspecified atom stereocenters. The molecule has 3 rings (SSSR count). The predicted octanol–water partition coefficient (Wildman–Crippen LogP) is 5.00. The summed E-state index contributed by atoms with van der Waals surface area (Å²) in [5.41, 5.74) is 1.92. The molecule has 0 aliphatic rings. The van der Waals surface area contributed by atoms with Gasteiger partial charge in [0.25, 0.3) is 5.56 Å². The minimum atomic E-state index is 0.0249. The first-order valence-corrected chi connectivity index (χ1v) is 7.44. The minimum absolute atomic E-state index is 0.0249. The molecule has 2 aromatic carbocycles. The van der Waals surface area contributed by atoms with E-state index in [0.717, 1.165) is 16.5 Å². The lowest BCUT2D eigenvalue weighted by molar-refractivity contribution is 0.735. The van der Waals surface area contributed by atoms with Gasteiger partial charge in [0, 0.05) is 18.1 Å². The van der Waals surface area contributed by atoms with Crippen molar-refractivity contribution in [2.24, 2.45) is 0 Å². The molecule has 2 nitrogen and oxygen atoms in total. The van der Waals surface area contributed by atoms with Crippen LogP contribution in [-0.4, -0.2) is 4.57 Å². The maximum Gasteiger partial charge on any atom is 0.258 e. The van der Waals surface area contributed by atoms with Crippen LogP contribution in [0.2, 0.25) is 10.0 Å². The Morgan fingerprint density at radius 2 is 1.67 bits per heavy atom. The number of benzene rings is 2. The van der Waals surface area contributed by atoms with Crippen molar-refractivity contribution in [3.63, 3.8) is 0 Å². The average Bonchev–Trinajstić information content (AvgIpc) is 2.50. The summed E-state index contributed by atoms with van der Waals surface area (Å²) in [5.74, 6) is 0. The molecule has 0 saturated heterocycles. The van der Waals surface area contributed by atoms with Gasteiger partial charge in [-0.3, -0.25) is 4.79 Å². The highest BCUT2D eigenvalue weighted by molar-refractivity contribution is 6.42. The fourth-order valence-electron chi connectivity index (χ4n) is 2.38. The third-order valence-electron chi connectivity index (χ3n) is 3.57. The molecule has 3 aromatic rings. The third kappa shape index (κ3) is 2.57. The molecule has 21 heavy (non-hydrogen) atoms. The molecule has 0 aliphatic carbocycles. The van der Waals surface area contributed by atoms with Gasteiger partial charge in [-0.1, -0.05) is 41.4 Å². The molecule has 0 spiro atoms. The number of hydrogen-bond donors (Lipinski definition) is 0. The molecule has 0 atom stereocenters. The van der Waals surface area contributed by atoms with Gasteiger partial charge in [0.05, 0.1) is 10.0 Å². The molecule has 0 N–H and O–H groups in total. The summed E-state index contributed by atoms with van der Waals surface area (Å²) in [6.07, 6.45) is 1.82. The number of pyridine rings is 1. The highest BCUT2D eigenvalue weighted by atomic mass is 35.5. The van der Waals surface area contributed by atoms with Gasteiger partial charge in [-0.05, 0) is 47.7 Å². The lowest BCUT2D eigenvalue weighted by atomic mass is 10.0. The topological polar surface area (TPSA) is 22.0 Å².